The summed E-state index contributed by atoms with van der Waals surface area (Å²) in [4.78, 5) is 22.9. The van der Waals surface area contributed by atoms with Crippen LogP contribution in [0.5, 0.6) is 0 Å². The maximum absolute atomic E-state index is 12.7. The molecule has 0 aliphatic carbocycles. The van der Waals surface area contributed by atoms with Crippen molar-refractivity contribution < 1.29 is 37.3 Å². The molecular weight excluding hydrogens is 746 g/mol. The lowest BCUT2D eigenvalue weighted by molar-refractivity contribution is -0.870. The van der Waals surface area contributed by atoms with Gasteiger partial charge in [-0.25, -0.2) is 4.57 Å². The van der Waals surface area contributed by atoms with E-state index in [1.165, 1.54) is 96.3 Å². The molecule has 0 saturated carbocycles. The molecule has 0 fully saturated rings. The predicted molar refractivity (Wildman–Crippen MR) is 247 cm³/mol. The molecule has 338 valence electrons. The zero-order chi connectivity index (χ0) is 42.7. The molecule has 1 N–H and O–H groups in total. The third-order valence-electron chi connectivity index (χ3n) is 9.81. The number of quaternary nitrogens is 1. The Kier molecular flexibility index (Phi) is 40.6. The van der Waals surface area contributed by atoms with Gasteiger partial charge in [-0.05, 0) is 77.0 Å². The number of likely N-dealkylation sites (N-methyl/N-ethyl adjacent to an activating group) is 1. The molecule has 0 amide bonds. The van der Waals surface area contributed by atoms with E-state index in [9.17, 15) is 14.3 Å². The SMILES string of the molecule is CC/C=C\C/C=C\C/C=C\C/C=C\CCCCCCCOCC(COP(=O)(O)OCC[N+](C)(C)C)OC(=O)CCCCCCCCC/C=C\CCCCCCCCC. The fraction of sp³-hybridized carbons (Fsp3) is 0.776. The molecule has 0 aliphatic rings. The average molecular weight is 837 g/mol. The van der Waals surface area contributed by atoms with E-state index in [0.29, 0.717) is 24.1 Å². The number of unbranched alkanes of at least 4 members (excludes halogenated alkanes) is 19. The van der Waals surface area contributed by atoms with Crippen molar-refractivity contribution >= 4 is 13.8 Å². The van der Waals surface area contributed by atoms with Crippen molar-refractivity contribution in [3.05, 3.63) is 60.8 Å². The molecule has 0 spiro atoms. The van der Waals surface area contributed by atoms with Crippen LogP contribution in [0.2, 0.25) is 0 Å². The lowest BCUT2D eigenvalue weighted by atomic mass is 10.1. The summed E-state index contributed by atoms with van der Waals surface area (Å²) in [6.07, 6.45) is 52.5. The largest absolute Gasteiger partial charge is 0.472 e. The Hall–Kier alpha value is -1.80. The molecule has 0 radical (unpaired) electrons. The molecular formula is C49H91NO7P+. The minimum absolute atomic E-state index is 0.0814. The van der Waals surface area contributed by atoms with Crippen LogP contribution in [0.1, 0.15) is 187 Å². The van der Waals surface area contributed by atoms with Crippen molar-refractivity contribution in [3.8, 4) is 0 Å². The highest BCUT2D eigenvalue weighted by Gasteiger charge is 2.26. The number of ether oxygens (including phenoxy) is 2. The first-order chi connectivity index (χ1) is 28.1. The topological polar surface area (TPSA) is 91.3 Å². The summed E-state index contributed by atoms with van der Waals surface area (Å²) in [6.45, 7) is 5.46. The zero-order valence-electron chi connectivity index (χ0n) is 38.3. The zero-order valence-corrected chi connectivity index (χ0v) is 39.2. The highest BCUT2D eigenvalue weighted by molar-refractivity contribution is 7.47. The van der Waals surface area contributed by atoms with Crippen LogP contribution in [0.15, 0.2) is 60.8 Å². The molecule has 0 heterocycles. The van der Waals surface area contributed by atoms with Gasteiger partial charge in [0.2, 0.25) is 0 Å². The van der Waals surface area contributed by atoms with Crippen LogP contribution in [-0.2, 0) is 27.9 Å². The molecule has 2 atom stereocenters. The highest BCUT2D eigenvalue weighted by Crippen LogP contribution is 2.43. The molecule has 0 aromatic rings. The number of allylic oxidation sites excluding steroid dienone is 10. The van der Waals surface area contributed by atoms with Crippen LogP contribution in [0.25, 0.3) is 0 Å². The van der Waals surface area contributed by atoms with Gasteiger partial charge < -0.3 is 18.9 Å². The molecule has 8 nitrogen and oxygen atoms in total. The van der Waals surface area contributed by atoms with E-state index in [2.05, 4.69) is 74.6 Å². The van der Waals surface area contributed by atoms with Crippen LogP contribution in [0, 0.1) is 0 Å². The van der Waals surface area contributed by atoms with E-state index < -0.39 is 13.9 Å². The van der Waals surface area contributed by atoms with Gasteiger partial charge in [-0.1, -0.05) is 164 Å². The Morgan fingerprint density at radius 1 is 0.552 bits per heavy atom. The number of hydrogen-bond donors (Lipinski definition) is 1. The monoisotopic (exact) mass is 837 g/mol. The number of phosphoric acid groups is 1. The quantitative estimate of drug-likeness (QED) is 0.0215. The smallest absolute Gasteiger partial charge is 0.457 e. The Morgan fingerprint density at radius 2 is 1.00 bits per heavy atom. The predicted octanol–water partition coefficient (Wildman–Crippen LogP) is 14.1. The van der Waals surface area contributed by atoms with Crippen molar-refractivity contribution in [2.75, 3.05) is 54.1 Å². The van der Waals surface area contributed by atoms with Crippen molar-refractivity contribution in [3.63, 3.8) is 0 Å². The number of phosphoric ester groups is 1. The van der Waals surface area contributed by atoms with Crippen LogP contribution >= 0.6 is 7.82 Å². The second-order valence-electron chi connectivity index (χ2n) is 16.8. The van der Waals surface area contributed by atoms with Gasteiger partial charge in [-0.3, -0.25) is 13.8 Å². The number of rotatable bonds is 43. The maximum Gasteiger partial charge on any atom is 0.472 e. The summed E-state index contributed by atoms with van der Waals surface area (Å²) < 4.78 is 35.0. The van der Waals surface area contributed by atoms with Crippen molar-refractivity contribution in [1.29, 1.82) is 0 Å². The molecule has 58 heavy (non-hydrogen) atoms. The van der Waals surface area contributed by atoms with Gasteiger partial charge in [-0.2, -0.15) is 0 Å². The standard InChI is InChI=1S/C49H90NO7P/c1-6-8-10-12-14-16-18-20-22-24-26-28-30-32-34-36-38-40-42-49(51)57-48(47-56-58(52,53)55-45-43-50(3,4)5)46-54-44-41-39-37-35-33-31-29-27-25-23-21-19-17-15-13-11-9-7-2/h9,11,15,17,21-24,27,29,48H,6-8,10,12-14,16,18-20,25-26,28,30-47H2,1-5H3/p+1/b11-9-,17-15-,23-21-,24-22-,29-27-. The van der Waals surface area contributed by atoms with Crippen LogP contribution in [-0.4, -0.2) is 75.6 Å². The van der Waals surface area contributed by atoms with E-state index in [-0.39, 0.29) is 25.8 Å². The third kappa shape index (κ3) is 45.3. The first-order valence-electron chi connectivity index (χ1n) is 23.5. The molecule has 0 rings (SSSR count). The highest BCUT2D eigenvalue weighted by atomic mass is 31.2. The average Bonchev–Trinajstić information content (AvgIpc) is 3.18. The minimum Gasteiger partial charge on any atom is -0.457 e. The van der Waals surface area contributed by atoms with Crippen molar-refractivity contribution in [2.24, 2.45) is 0 Å². The van der Waals surface area contributed by atoms with Crippen LogP contribution < -0.4 is 0 Å². The summed E-state index contributed by atoms with van der Waals surface area (Å²) >= 11 is 0. The Bertz CT molecular complexity index is 1110. The number of hydrogen-bond acceptors (Lipinski definition) is 6. The van der Waals surface area contributed by atoms with Gasteiger partial charge in [0.05, 0.1) is 34.4 Å². The lowest BCUT2D eigenvalue weighted by Crippen LogP contribution is -2.37. The van der Waals surface area contributed by atoms with E-state index in [0.717, 1.165) is 70.6 Å². The second kappa shape index (κ2) is 41.9. The second-order valence-corrected chi connectivity index (χ2v) is 18.2. The first-order valence-corrected chi connectivity index (χ1v) is 25.0. The summed E-state index contributed by atoms with van der Waals surface area (Å²) in [5, 5.41) is 0. The molecule has 0 aromatic heterocycles. The summed E-state index contributed by atoms with van der Waals surface area (Å²) in [5.74, 6) is -0.326. The molecule has 0 aliphatic heterocycles. The first kappa shape index (κ1) is 56.2. The van der Waals surface area contributed by atoms with Crippen LogP contribution in [0.3, 0.4) is 0 Å². The molecule has 0 bridgehead atoms. The summed E-state index contributed by atoms with van der Waals surface area (Å²) in [6, 6.07) is 0. The minimum atomic E-state index is -4.29. The van der Waals surface area contributed by atoms with Gasteiger partial charge >= 0.3 is 13.8 Å². The fourth-order valence-corrected chi connectivity index (χ4v) is 6.93. The molecule has 2 unspecified atom stereocenters. The molecule has 0 saturated heterocycles. The van der Waals surface area contributed by atoms with E-state index >= 15 is 0 Å². The Balaban J connectivity index is 4.25. The Morgan fingerprint density at radius 3 is 1.52 bits per heavy atom. The number of nitrogens with zero attached hydrogens (tertiary/aromatic N) is 1. The summed E-state index contributed by atoms with van der Waals surface area (Å²) in [7, 11) is 1.64. The summed E-state index contributed by atoms with van der Waals surface area (Å²) in [5.41, 5.74) is 0. The normalized spacial score (nSPS) is 14.2. The van der Waals surface area contributed by atoms with Crippen molar-refractivity contribution in [2.45, 2.75) is 193 Å². The third-order valence-corrected chi connectivity index (χ3v) is 10.8. The maximum atomic E-state index is 12.7. The van der Waals surface area contributed by atoms with E-state index in [4.69, 9.17) is 18.5 Å². The van der Waals surface area contributed by atoms with Gasteiger partial charge in [-0.15, -0.1) is 0 Å². The van der Waals surface area contributed by atoms with Crippen molar-refractivity contribution in [1.82, 2.24) is 0 Å². The van der Waals surface area contributed by atoms with Gasteiger partial charge in [0, 0.05) is 13.0 Å². The number of carbonyl (C=O) groups excluding carboxylic acids is 1. The van der Waals surface area contributed by atoms with Crippen LogP contribution in [0.4, 0.5) is 0 Å². The Labute approximate surface area is 358 Å². The van der Waals surface area contributed by atoms with Gasteiger partial charge in [0.1, 0.15) is 19.3 Å². The van der Waals surface area contributed by atoms with Gasteiger partial charge in [0.15, 0.2) is 0 Å². The van der Waals surface area contributed by atoms with E-state index in [1.54, 1.807) is 0 Å². The molecule has 9 heteroatoms. The fourth-order valence-electron chi connectivity index (χ4n) is 6.19. The van der Waals surface area contributed by atoms with Gasteiger partial charge in [0.25, 0.3) is 0 Å². The lowest BCUT2D eigenvalue weighted by Gasteiger charge is -2.24. The number of carbonyl (C=O) groups is 1. The number of esters is 1. The molecule has 0 aromatic carbocycles. The van der Waals surface area contributed by atoms with E-state index in [1.807, 2.05) is 21.1 Å².